The van der Waals surface area contributed by atoms with Gasteiger partial charge in [-0.15, -0.1) is 0 Å². The summed E-state index contributed by atoms with van der Waals surface area (Å²) in [6.45, 7) is 1.33. The lowest BCUT2D eigenvalue weighted by Crippen LogP contribution is -2.16. The molecule has 0 bridgehead atoms. The largest absolute Gasteiger partial charge is 0.436 e. The van der Waals surface area contributed by atoms with E-state index in [1.165, 1.54) is 27.0 Å². The van der Waals surface area contributed by atoms with Crippen molar-refractivity contribution in [2.24, 2.45) is 0 Å². The first-order valence-electron chi connectivity index (χ1n) is 5.22. The molecule has 2 atom stereocenters. The third kappa shape index (κ3) is 4.60. The first kappa shape index (κ1) is 14.4. The van der Waals surface area contributed by atoms with Crippen LogP contribution >= 0.6 is 7.60 Å². The molecule has 0 aromatic carbocycles. The van der Waals surface area contributed by atoms with E-state index in [2.05, 4.69) is 0 Å². The van der Waals surface area contributed by atoms with Crippen LogP contribution in [0.15, 0.2) is 11.9 Å². The summed E-state index contributed by atoms with van der Waals surface area (Å²) in [5.41, 5.74) is 0. The molecule has 1 heterocycles. The Labute approximate surface area is 100 Å². The van der Waals surface area contributed by atoms with Gasteiger partial charge in [-0.1, -0.05) is 0 Å². The van der Waals surface area contributed by atoms with Crippen LogP contribution in [0.5, 0.6) is 0 Å². The van der Waals surface area contributed by atoms with Gasteiger partial charge in [-0.05, 0) is 12.5 Å². The third-order valence-electron chi connectivity index (χ3n) is 2.30. The molecule has 0 radical (unpaired) electrons. The summed E-state index contributed by atoms with van der Waals surface area (Å²) in [4.78, 5) is 10.7. The fourth-order valence-electron chi connectivity index (χ4n) is 1.44. The van der Waals surface area contributed by atoms with E-state index in [1.54, 1.807) is 6.08 Å². The van der Waals surface area contributed by atoms with E-state index in [1.807, 2.05) is 0 Å². The molecule has 1 rings (SSSR count). The second kappa shape index (κ2) is 6.31. The highest BCUT2D eigenvalue weighted by atomic mass is 31.2. The van der Waals surface area contributed by atoms with Crippen LogP contribution in [0.25, 0.3) is 0 Å². The fourth-order valence-corrected chi connectivity index (χ4v) is 2.24. The van der Waals surface area contributed by atoms with E-state index in [0.29, 0.717) is 12.8 Å². The summed E-state index contributed by atoms with van der Waals surface area (Å²) in [6.07, 6.45) is 2.17. The lowest BCUT2D eigenvalue weighted by Gasteiger charge is -2.12. The maximum Gasteiger partial charge on any atom is 0.353 e. The Balaban J connectivity index is 2.47. The van der Waals surface area contributed by atoms with Crippen LogP contribution in [-0.4, -0.2) is 32.6 Å². The van der Waals surface area contributed by atoms with Gasteiger partial charge in [-0.25, -0.2) is 0 Å². The molecule has 0 spiro atoms. The number of rotatable bonds is 5. The van der Waals surface area contributed by atoms with Crippen molar-refractivity contribution in [1.29, 1.82) is 0 Å². The monoisotopic (exact) mass is 264 g/mol. The minimum atomic E-state index is -3.15. The predicted molar refractivity (Wildman–Crippen MR) is 60.4 cm³/mol. The first-order valence-corrected chi connectivity index (χ1v) is 6.83. The summed E-state index contributed by atoms with van der Waals surface area (Å²) in [5, 5.41) is 0. The molecular weight excluding hydrogens is 247 g/mol. The van der Waals surface area contributed by atoms with Gasteiger partial charge >= 0.3 is 13.6 Å². The molecule has 1 saturated heterocycles. The second-order valence-electron chi connectivity index (χ2n) is 3.54. The summed E-state index contributed by atoms with van der Waals surface area (Å²) >= 11 is 0. The number of carbonyl (C=O) groups excluding carboxylic acids is 1. The second-order valence-corrected chi connectivity index (χ2v) is 5.65. The van der Waals surface area contributed by atoms with Crippen LogP contribution in [0.1, 0.15) is 19.8 Å². The third-order valence-corrected chi connectivity index (χ3v) is 3.86. The minimum absolute atomic E-state index is 0.238. The molecule has 1 aliphatic rings. The van der Waals surface area contributed by atoms with Crippen molar-refractivity contribution in [1.82, 2.24) is 0 Å². The quantitative estimate of drug-likeness (QED) is 0.559. The smallest absolute Gasteiger partial charge is 0.353 e. The molecule has 1 fully saturated rings. The summed E-state index contributed by atoms with van der Waals surface area (Å²) in [7, 11) is -0.527. The Morgan fingerprint density at radius 3 is 2.53 bits per heavy atom. The Bertz CT molecular complexity index is 332. The fraction of sp³-hybridized carbons (Fsp3) is 0.700. The highest BCUT2D eigenvalue weighted by Gasteiger charge is 2.26. The van der Waals surface area contributed by atoms with Crippen molar-refractivity contribution in [3.05, 3.63) is 11.9 Å². The Morgan fingerprint density at radius 2 is 2.00 bits per heavy atom. The maximum atomic E-state index is 11.7. The summed E-state index contributed by atoms with van der Waals surface area (Å²) in [5.74, 6) is 0.979. The van der Waals surface area contributed by atoms with E-state index >= 15 is 0 Å². The zero-order valence-corrected chi connectivity index (χ0v) is 11.0. The molecule has 0 amide bonds. The normalized spacial score (nSPS) is 25.4. The zero-order chi connectivity index (χ0) is 12.9. The van der Waals surface area contributed by atoms with Crippen molar-refractivity contribution in [3.8, 4) is 0 Å². The molecule has 7 heteroatoms. The molecular formula is C10H17O6P. The Morgan fingerprint density at radius 1 is 1.35 bits per heavy atom. The molecule has 0 aliphatic carbocycles. The van der Waals surface area contributed by atoms with Gasteiger partial charge in [0.15, 0.2) is 0 Å². The van der Waals surface area contributed by atoms with Gasteiger partial charge in [0.1, 0.15) is 0 Å². The van der Waals surface area contributed by atoms with Gasteiger partial charge in [0.2, 0.25) is 6.29 Å². The highest BCUT2D eigenvalue weighted by Crippen LogP contribution is 2.48. The standard InChI is InChI=1S/C10H17O6P/c1-8(11)15-10-5-4-9(16-10)6-7-17(12,13-2)14-3/h6-7,9-10H,4-5H2,1-3H3/b7-6+. The van der Waals surface area contributed by atoms with Gasteiger partial charge in [0, 0.05) is 33.4 Å². The van der Waals surface area contributed by atoms with Crippen molar-refractivity contribution in [2.45, 2.75) is 32.2 Å². The van der Waals surface area contributed by atoms with Crippen molar-refractivity contribution < 1.29 is 27.9 Å². The van der Waals surface area contributed by atoms with Crippen molar-refractivity contribution >= 4 is 13.6 Å². The average molecular weight is 264 g/mol. The first-order chi connectivity index (χ1) is 7.99. The van der Waals surface area contributed by atoms with E-state index in [0.717, 1.165) is 0 Å². The van der Waals surface area contributed by atoms with Crippen LogP contribution in [-0.2, 0) is 27.9 Å². The Kier molecular flexibility index (Phi) is 5.33. The number of esters is 1. The molecule has 98 valence electrons. The lowest BCUT2D eigenvalue weighted by atomic mass is 10.2. The Hall–Kier alpha value is -0.680. The lowest BCUT2D eigenvalue weighted by molar-refractivity contribution is -0.170. The topological polar surface area (TPSA) is 71.1 Å². The molecule has 0 saturated carbocycles. The van der Waals surface area contributed by atoms with Crippen LogP contribution in [0.3, 0.4) is 0 Å². The number of ether oxygens (including phenoxy) is 2. The summed E-state index contributed by atoms with van der Waals surface area (Å²) < 4.78 is 31.5. The molecule has 0 aromatic rings. The molecule has 0 aromatic heterocycles. The van der Waals surface area contributed by atoms with E-state index in [4.69, 9.17) is 18.5 Å². The zero-order valence-electron chi connectivity index (χ0n) is 10.1. The molecule has 17 heavy (non-hydrogen) atoms. The van der Waals surface area contributed by atoms with Gasteiger partial charge in [-0.3, -0.25) is 9.36 Å². The van der Waals surface area contributed by atoms with Gasteiger partial charge < -0.3 is 18.5 Å². The number of hydrogen-bond donors (Lipinski definition) is 0. The van der Waals surface area contributed by atoms with E-state index < -0.39 is 13.9 Å². The van der Waals surface area contributed by atoms with Crippen LogP contribution in [0.4, 0.5) is 0 Å². The molecule has 6 nitrogen and oxygen atoms in total. The van der Waals surface area contributed by atoms with Crippen LogP contribution in [0, 0.1) is 0 Å². The van der Waals surface area contributed by atoms with Gasteiger partial charge in [-0.2, -0.15) is 0 Å². The van der Waals surface area contributed by atoms with Gasteiger partial charge in [0.25, 0.3) is 0 Å². The molecule has 2 unspecified atom stereocenters. The predicted octanol–water partition coefficient (Wildman–Crippen LogP) is 2.05. The number of carbonyl (C=O) groups is 1. The average Bonchev–Trinajstić information content (AvgIpc) is 2.73. The molecule has 0 N–H and O–H groups in total. The van der Waals surface area contributed by atoms with Crippen LogP contribution < -0.4 is 0 Å². The highest BCUT2D eigenvalue weighted by molar-refractivity contribution is 7.57. The number of hydrogen-bond acceptors (Lipinski definition) is 6. The van der Waals surface area contributed by atoms with Gasteiger partial charge in [0.05, 0.1) is 6.10 Å². The van der Waals surface area contributed by atoms with Crippen molar-refractivity contribution in [2.75, 3.05) is 14.2 Å². The van der Waals surface area contributed by atoms with Crippen LogP contribution in [0.2, 0.25) is 0 Å². The molecule has 1 aliphatic heterocycles. The van der Waals surface area contributed by atoms with Crippen molar-refractivity contribution in [3.63, 3.8) is 0 Å². The van der Waals surface area contributed by atoms with E-state index in [-0.39, 0.29) is 12.1 Å². The van der Waals surface area contributed by atoms with E-state index in [9.17, 15) is 9.36 Å². The maximum absolute atomic E-state index is 11.7. The minimum Gasteiger partial charge on any atom is -0.436 e. The SMILES string of the molecule is COP(=O)(/C=C/C1CCC(OC(C)=O)O1)OC. The summed E-state index contributed by atoms with van der Waals surface area (Å²) in [6, 6.07) is 0.